The van der Waals surface area contributed by atoms with Gasteiger partial charge in [-0.2, -0.15) is 0 Å². The summed E-state index contributed by atoms with van der Waals surface area (Å²) in [4.78, 5) is 5.07. The predicted molar refractivity (Wildman–Crippen MR) is 109 cm³/mol. The number of rotatable bonds is 8. The molecule has 0 aliphatic heterocycles. The zero-order chi connectivity index (χ0) is 19.3. The van der Waals surface area contributed by atoms with Gasteiger partial charge in [-0.3, -0.25) is 4.98 Å². The molecule has 0 unspecified atom stereocenters. The van der Waals surface area contributed by atoms with E-state index in [9.17, 15) is 4.39 Å². The van der Waals surface area contributed by atoms with Gasteiger partial charge in [-0.1, -0.05) is 59.6 Å². The summed E-state index contributed by atoms with van der Waals surface area (Å²) < 4.78 is 13.5. The van der Waals surface area contributed by atoms with Crippen LogP contribution in [0.2, 0.25) is 0 Å². The van der Waals surface area contributed by atoms with Crippen LogP contribution in [0.25, 0.3) is 11.1 Å². The lowest BCUT2D eigenvalue weighted by atomic mass is 9.85. The SMILES string of the molecule is CCCCCc1c(C(C)C)nc(C(C)C)c(CN)c1-c1ccc(F)cc1. The van der Waals surface area contributed by atoms with E-state index in [1.54, 1.807) is 0 Å². The Morgan fingerprint density at radius 2 is 1.50 bits per heavy atom. The molecule has 2 nitrogen and oxygen atoms in total. The van der Waals surface area contributed by atoms with Crippen molar-refractivity contribution < 1.29 is 4.39 Å². The van der Waals surface area contributed by atoms with E-state index >= 15 is 0 Å². The van der Waals surface area contributed by atoms with Gasteiger partial charge in [0, 0.05) is 17.9 Å². The van der Waals surface area contributed by atoms with Crippen molar-refractivity contribution >= 4 is 0 Å². The maximum atomic E-state index is 13.5. The third kappa shape index (κ3) is 4.50. The summed E-state index contributed by atoms with van der Waals surface area (Å²) in [6.07, 6.45) is 4.51. The molecule has 142 valence electrons. The van der Waals surface area contributed by atoms with Crippen LogP contribution in [0.5, 0.6) is 0 Å². The zero-order valence-electron chi connectivity index (χ0n) is 16.9. The summed E-state index contributed by atoms with van der Waals surface area (Å²) in [6, 6.07) is 6.83. The molecule has 0 amide bonds. The molecule has 2 rings (SSSR count). The molecule has 0 bridgehead atoms. The van der Waals surface area contributed by atoms with Crippen molar-refractivity contribution in [2.75, 3.05) is 0 Å². The first-order chi connectivity index (χ1) is 12.4. The molecule has 0 radical (unpaired) electrons. The number of nitrogens with zero attached hydrogens (tertiary/aromatic N) is 1. The highest BCUT2D eigenvalue weighted by molar-refractivity contribution is 5.73. The number of halogens is 1. The van der Waals surface area contributed by atoms with Gasteiger partial charge in [-0.15, -0.1) is 0 Å². The minimum absolute atomic E-state index is 0.210. The summed E-state index contributed by atoms with van der Waals surface area (Å²) in [7, 11) is 0. The minimum atomic E-state index is -0.210. The summed E-state index contributed by atoms with van der Waals surface area (Å²) >= 11 is 0. The summed E-state index contributed by atoms with van der Waals surface area (Å²) in [5, 5.41) is 0. The van der Waals surface area contributed by atoms with Crippen molar-refractivity contribution in [2.45, 2.75) is 78.7 Å². The second kappa shape index (κ2) is 9.27. The van der Waals surface area contributed by atoms with Crippen LogP contribution in [-0.4, -0.2) is 4.98 Å². The molecule has 0 aliphatic rings. The molecule has 1 aromatic carbocycles. The smallest absolute Gasteiger partial charge is 0.123 e. The monoisotopic (exact) mass is 356 g/mol. The minimum Gasteiger partial charge on any atom is -0.326 e. The van der Waals surface area contributed by atoms with Crippen molar-refractivity contribution in [1.29, 1.82) is 0 Å². The summed E-state index contributed by atoms with van der Waals surface area (Å²) in [5.41, 5.74) is 13.1. The Labute approximate surface area is 158 Å². The van der Waals surface area contributed by atoms with Crippen molar-refractivity contribution in [1.82, 2.24) is 4.98 Å². The molecule has 1 aromatic heterocycles. The van der Waals surface area contributed by atoms with E-state index in [2.05, 4.69) is 34.6 Å². The van der Waals surface area contributed by atoms with E-state index in [1.165, 1.54) is 41.8 Å². The Kier molecular flexibility index (Phi) is 7.33. The van der Waals surface area contributed by atoms with Crippen molar-refractivity contribution in [3.63, 3.8) is 0 Å². The van der Waals surface area contributed by atoms with Crippen molar-refractivity contribution in [2.24, 2.45) is 5.73 Å². The highest BCUT2D eigenvalue weighted by Gasteiger charge is 2.22. The standard InChI is InChI=1S/C23H33FN2/c1-6-7-8-9-19-21(17-10-12-18(24)13-11-17)20(14-25)23(16(4)5)26-22(19)15(2)3/h10-13,15-16H,6-9,14,25H2,1-5H3. The van der Waals surface area contributed by atoms with Crippen LogP contribution in [0.15, 0.2) is 24.3 Å². The molecular formula is C23H33FN2. The Hall–Kier alpha value is -1.74. The van der Waals surface area contributed by atoms with Crippen LogP contribution in [0, 0.1) is 5.82 Å². The van der Waals surface area contributed by atoms with Crippen LogP contribution in [-0.2, 0) is 13.0 Å². The second-order valence-corrected chi connectivity index (χ2v) is 7.69. The fourth-order valence-corrected chi connectivity index (χ4v) is 3.63. The number of pyridine rings is 1. The zero-order valence-corrected chi connectivity index (χ0v) is 16.9. The fraction of sp³-hybridized carbons (Fsp3) is 0.522. The van der Waals surface area contributed by atoms with E-state index in [-0.39, 0.29) is 5.82 Å². The molecule has 26 heavy (non-hydrogen) atoms. The Bertz CT molecular complexity index is 718. The topological polar surface area (TPSA) is 38.9 Å². The van der Waals surface area contributed by atoms with Crippen molar-refractivity contribution in [3.8, 4) is 11.1 Å². The maximum Gasteiger partial charge on any atom is 0.123 e. The average Bonchev–Trinajstić information content (AvgIpc) is 2.61. The van der Waals surface area contributed by atoms with Gasteiger partial charge in [0.05, 0.1) is 0 Å². The average molecular weight is 357 g/mol. The van der Waals surface area contributed by atoms with Crippen LogP contribution in [0.3, 0.4) is 0 Å². The van der Waals surface area contributed by atoms with Crippen LogP contribution < -0.4 is 5.73 Å². The summed E-state index contributed by atoms with van der Waals surface area (Å²) in [6.45, 7) is 11.4. The number of aromatic nitrogens is 1. The van der Waals surface area contributed by atoms with Gasteiger partial charge in [0.2, 0.25) is 0 Å². The first-order valence-corrected chi connectivity index (χ1v) is 9.92. The van der Waals surface area contributed by atoms with Crippen LogP contribution >= 0.6 is 0 Å². The number of nitrogens with two attached hydrogens (primary N) is 1. The van der Waals surface area contributed by atoms with E-state index in [0.717, 1.165) is 29.7 Å². The molecule has 0 atom stereocenters. The molecular weight excluding hydrogens is 323 g/mol. The first-order valence-electron chi connectivity index (χ1n) is 9.92. The van der Waals surface area contributed by atoms with Crippen molar-refractivity contribution in [3.05, 3.63) is 52.6 Å². The lowest BCUT2D eigenvalue weighted by Crippen LogP contribution is -2.14. The predicted octanol–water partition coefficient (Wildman–Crippen LogP) is 6.33. The Morgan fingerprint density at radius 1 is 0.923 bits per heavy atom. The third-order valence-electron chi connectivity index (χ3n) is 4.92. The van der Waals surface area contributed by atoms with Gasteiger partial charge in [-0.25, -0.2) is 4.39 Å². The van der Waals surface area contributed by atoms with E-state index in [1.807, 2.05) is 12.1 Å². The molecule has 1 heterocycles. The van der Waals surface area contributed by atoms with Gasteiger partial charge >= 0.3 is 0 Å². The number of hydrogen-bond donors (Lipinski definition) is 1. The van der Waals surface area contributed by atoms with Crippen LogP contribution in [0.4, 0.5) is 4.39 Å². The summed E-state index contributed by atoms with van der Waals surface area (Å²) in [5.74, 6) is 0.433. The first kappa shape index (κ1) is 20.6. The number of unbranched alkanes of at least 4 members (excludes halogenated alkanes) is 2. The number of hydrogen-bond acceptors (Lipinski definition) is 2. The lowest BCUT2D eigenvalue weighted by molar-refractivity contribution is 0.628. The quantitative estimate of drug-likeness (QED) is 0.562. The molecule has 0 aliphatic carbocycles. The lowest BCUT2D eigenvalue weighted by Gasteiger charge is -2.24. The van der Waals surface area contributed by atoms with E-state index in [0.29, 0.717) is 18.4 Å². The van der Waals surface area contributed by atoms with E-state index < -0.39 is 0 Å². The molecule has 2 aromatic rings. The molecule has 0 saturated heterocycles. The van der Waals surface area contributed by atoms with Crippen LogP contribution in [0.1, 0.15) is 88.2 Å². The molecule has 3 heteroatoms. The Balaban J connectivity index is 2.77. The largest absolute Gasteiger partial charge is 0.326 e. The van der Waals surface area contributed by atoms with Gasteiger partial charge in [-0.05, 0) is 59.1 Å². The highest BCUT2D eigenvalue weighted by atomic mass is 19.1. The molecule has 0 spiro atoms. The fourth-order valence-electron chi connectivity index (χ4n) is 3.63. The highest BCUT2D eigenvalue weighted by Crippen LogP contribution is 2.37. The number of benzene rings is 1. The maximum absolute atomic E-state index is 13.5. The van der Waals surface area contributed by atoms with E-state index in [4.69, 9.17) is 10.7 Å². The second-order valence-electron chi connectivity index (χ2n) is 7.69. The molecule has 0 fully saturated rings. The normalized spacial score (nSPS) is 11.6. The van der Waals surface area contributed by atoms with Gasteiger partial charge in [0.1, 0.15) is 5.82 Å². The molecule has 2 N–H and O–H groups in total. The van der Waals surface area contributed by atoms with Gasteiger partial charge in [0.15, 0.2) is 0 Å². The molecule has 0 saturated carbocycles. The third-order valence-corrected chi connectivity index (χ3v) is 4.92. The van der Waals surface area contributed by atoms with Gasteiger partial charge < -0.3 is 5.73 Å². The Morgan fingerprint density at radius 3 is 2.00 bits per heavy atom. The van der Waals surface area contributed by atoms with Gasteiger partial charge in [0.25, 0.3) is 0 Å².